The number of hydrogen-bond donors (Lipinski definition) is 2. The molecular formula is C23H31N3O. The Bertz CT molecular complexity index is 753. The van der Waals surface area contributed by atoms with Gasteiger partial charge >= 0.3 is 0 Å². The van der Waals surface area contributed by atoms with Crippen molar-refractivity contribution >= 4 is 17.3 Å². The van der Waals surface area contributed by atoms with E-state index in [0.29, 0.717) is 36.5 Å². The van der Waals surface area contributed by atoms with Gasteiger partial charge in [-0.3, -0.25) is 4.79 Å². The molecule has 27 heavy (non-hydrogen) atoms. The van der Waals surface area contributed by atoms with Gasteiger partial charge in [0.1, 0.15) is 0 Å². The van der Waals surface area contributed by atoms with E-state index in [1.54, 1.807) is 6.92 Å². The summed E-state index contributed by atoms with van der Waals surface area (Å²) in [6.07, 6.45) is 1.31. The molecule has 0 aliphatic carbocycles. The average molecular weight is 366 g/mol. The molecule has 1 amide bonds. The zero-order valence-electron chi connectivity index (χ0n) is 16.9. The minimum absolute atomic E-state index is 0.0368. The molecule has 2 N–H and O–H groups in total. The van der Waals surface area contributed by atoms with Gasteiger partial charge in [-0.1, -0.05) is 56.3 Å². The molecule has 0 aromatic heterocycles. The first-order valence-corrected chi connectivity index (χ1v) is 9.56. The van der Waals surface area contributed by atoms with Crippen molar-refractivity contribution in [3.8, 4) is 0 Å². The van der Waals surface area contributed by atoms with Gasteiger partial charge in [0.2, 0.25) is 0 Å². The fourth-order valence-electron chi connectivity index (χ4n) is 2.65. The van der Waals surface area contributed by atoms with Crippen LogP contribution in [0.25, 0.3) is 0 Å². The second-order valence-corrected chi connectivity index (χ2v) is 6.11. The van der Waals surface area contributed by atoms with Crippen molar-refractivity contribution in [2.75, 3.05) is 6.54 Å². The lowest BCUT2D eigenvalue weighted by molar-refractivity contribution is 0.0752. The Morgan fingerprint density at radius 2 is 1.59 bits per heavy atom. The van der Waals surface area contributed by atoms with Crippen molar-refractivity contribution < 1.29 is 4.79 Å². The van der Waals surface area contributed by atoms with Crippen molar-refractivity contribution in [3.63, 3.8) is 0 Å². The van der Waals surface area contributed by atoms with Gasteiger partial charge in [-0.15, -0.1) is 0 Å². The van der Waals surface area contributed by atoms with Crippen molar-refractivity contribution in [3.05, 3.63) is 71.3 Å². The number of nitrogens with one attached hydrogen (secondary N) is 2. The van der Waals surface area contributed by atoms with Crippen LogP contribution in [-0.4, -0.2) is 28.8 Å². The number of carbonyl (C=O) groups excluding carboxylic acids is 1. The molecule has 144 valence electrons. The SMILES string of the molecule is CC.CCN(Cc1cccc(CCC(=N)C(C)=N)c1)C(=O)c1ccccc1. The maximum absolute atomic E-state index is 12.6. The summed E-state index contributed by atoms with van der Waals surface area (Å²) in [6, 6.07) is 17.5. The first-order valence-electron chi connectivity index (χ1n) is 9.56. The highest BCUT2D eigenvalue weighted by Crippen LogP contribution is 2.13. The molecular weight excluding hydrogens is 334 g/mol. The highest BCUT2D eigenvalue weighted by molar-refractivity contribution is 6.38. The Hall–Kier alpha value is -2.75. The van der Waals surface area contributed by atoms with E-state index in [-0.39, 0.29) is 5.91 Å². The van der Waals surface area contributed by atoms with Crippen LogP contribution in [0.2, 0.25) is 0 Å². The number of amides is 1. The molecule has 0 saturated heterocycles. The Kier molecular flexibility index (Phi) is 9.73. The summed E-state index contributed by atoms with van der Waals surface area (Å²) < 4.78 is 0. The van der Waals surface area contributed by atoms with Gasteiger partial charge in [-0.25, -0.2) is 0 Å². The summed E-state index contributed by atoms with van der Waals surface area (Å²) in [5.74, 6) is 0.0368. The monoisotopic (exact) mass is 365 g/mol. The maximum atomic E-state index is 12.6. The van der Waals surface area contributed by atoms with Crippen LogP contribution in [0.15, 0.2) is 54.6 Å². The molecule has 0 aliphatic heterocycles. The van der Waals surface area contributed by atoms with Gasteiger partial charge in [0.25, 0.3) is 5.91 Å². The highest BCUT2D eigenvalue weighted by atomic mass is 16.2. The van der Waals surface area contributed by atoms with E-state index in [2.05, 4.69) is 6.07 Å². The Morgan fingerprint density at radius 3 is 2.19 bits per heavy atom. The molecule has 0 atom stereocenters. The summed E-state index contributed by atoms with van der Waals surface area (Å²) in [4.78, 5) is 14.5. The molecule has 2 aromatic rings. The molecule has 0 radical (unpaired) electrons. The van der Waals surface area contributed by atoms with Gasteiger partial charge in [-0.05, 0) is 49.9 Å². The minimum atomic E-state index is 0.0368. The average Bonchev–Trinajstić information content (AvgIpc) is 2.72. The van der Waals surface area contributed by atoms with E-state index >= 15 is 0 Å². The fourth-order valence-corrected chi connectivity index (χ4v) is 2.65. The predicted molar refractivity (Wildman–Crippen MR) is 114 cm³/mol. The van der Waals surface area contributed by atoms with Crippen LogP contribution in [0.5, 0.6) is 0 Å². The molecule has 0 heterocycles. The third-order valence-electron chi connectivity index (χ3n) is 4.17. The molecule has 0 saturated carbocycles. The second kappa shape index (κ2) is 11.8. The lowest BCUT2D eigenvalue weighted by Crippen LogP contribution is -2.30. The van der Waals surface area contributed by atoms with Crippen molar-refractivity contribution in [1.82, 2.24) is 4.90 Å². The zero-order chi connectivity index (χ0) is 20.2. The summed E-state index contributed by atoms with van der Waals surface area (Å²) in [6.45, 7) is 8.85. The number of nitrogens with zero attached hydrogens (tertiary/aromatic N) is 1. The van der Waals surface area contributed by atoms with E-state index in [1.807, 2.05) is 74.2 Å². The Morgan fingerprint density at radius 1 is 0.963 bits per heavy atom. The van der Waals surface area contributed by atoms with E-state index in [4.69, 9.17) is 10.8 Å². The van der Waals surface area contributed by atoms with E-state index in [0.717, 1.165) is 17.5 Å². The summed E-state index contributed by atoms with van der Waals surface area (Å²) >= 11 is 0. The molecule has 0 fully saturated rings. The first-order chi connectivity index (χ1) is 13.0. The largest absolute Gasteiger partial charge is 0.335 e. The van der Waals surface area contributed by atoms with E-state index in [1.165, 1.54) is 0 Å². The summed E-state index contributed by atoms with van der Waals surface area (Å²) in [5.41, 5.74) is 3.62. The van der Waals surface area contributed by atoms with Crippen molar-refractivity contribution in [2.45, 2.75) is 47.1 Å². The molecule has 2 aromatic carbocycles. The van der Waals surface area contributed by atoms with Gasteiger partial charge in [0.15, 0.2) is 0 Å². The smallest absolute Gasteiger partial charge is 0.254 e. The highest BCUT2D eigenvalue weighted by Gasteiger charge is 2.14. The van der Waals surface area contributed by atoms with E-state index < -0.39 is 0 Å². The number of aryl methyl sites for hydroxylation is 1. The van der Waals surface area contributed by atoms with Crippen LogP contribution in [0, 0.1) is 10.8 Å². The van der Waals surface area contributed by atoms with Crippen LogP contribution in [0.3, 0.4) is 0 Å². The van der Waals surface area contributed by atoms with Crippen LogP contribution < -0.4 is 0 Å². The van der Waals surface area contributed by atoms with Crippen LogP contribution >= 0.6 is 0 Å². The summed E-state index contributed by atoms with van der Waals surface area (Å²) in [7, 11) is 0. The van der Waals surface area contributed by atoms with Gasteiger partial charge in [0, 0.05) is 24.4 Å². The van der Waals surface area contributed by atoms with Crippen molar-refractivity contribution in [1.29, 1.82) is 10.8 Å². The lowest BCUT2D eigenvalue weighted by atomic mass is 10.0. The van der Waals surface area contributed by atoms with Crippen LogP contribution in [-0.2, 0) is 13.0 Å². The Labute approximate surface area is 163 Å². The van der Waals surface area contributed by atoms with Crippen LogP contribution in [0.4, 0.5) is 0 Å². The maximum Gasteiger partial charge on any atom is 0.254 e. The molecule has 4 nitrogen and oxygen atoms in total. The Balaban J connectivity index is 0.00000176. The lowest BCUT2D eigenvalue weighted by Gasteiger charge is -2.21. The van der Waals surface area contributed by atoms with Gasteiger partial charge in [-0.2, -0.15) is 0 Å². The van der Waals surface area contributed by atoms with Gasteiger partial charge in [0.05, 0.1) is 5.71 Å². The molecule has 0 aliphatic rings. The standard InChI is InChI=1S/C21H25N3O.C2H6/c1-3-24(21(25)19-10-5-4-6-11-19)15-18-9-7-8-17(14-18)12-13-20(23)16(2)22;1-2/h4-11,14,22-23H,3,12-13,15H2,1-2H3;1-2H3. The van der Waals surface area contributed by atoms with E-state index in [9.17, 15) is 4.79 Å². The molecule has 0 bridgehead atoms. The number of benzene rings is 2. The fraction of sp³-hybridized carbons (Fsp3) is 0.348. The third-order valence-corrected chi connectivity index (χ3v) is 4.17. The minimum Gasteiger partial charge on any atom is -0.335 e. The predicted octanol–water partition coefficient (Wildman–Crippen LogP) is 5.37. The molecule has 0 spiro atoms. The normalized spacial score (nSPS) is 9.78. The molecule has 2 rings (SSSR count). The number of rotatable bonds is 8. The number of hydrogen-bond acceptors (Lipinski definition) is 3. The van der Waals surface area contributed by atoms with Gasteiger partial charge < -0.3 is 15.7 Å². The zero-order valence-corrected chi connectivity index (χ0v) is 16.9. The molecule has 0 unspecified atom stereocenters. The third kappa shape index (κ3) is 7.18. The van der Waals surface area contributed by atoms with Crippen molar-refractivity contribution in [2.24, 2.45) is 0 Å². The quantitative estimate of drug-likeness (QED) is 0.607. The van der Waals surface area contributed by atoms with Crippen LogP contribution in [0.1, 0.15) is 55.6 Å². The summed E-state index contributed by atoms with van der Waals surface area (Å²) in [5, 5.41) is 15.2. The topological polar surface area (TPSA) is 68.0 Å². The second-order valence-electron chi connectivity index (χ2n) is 6.11. The number of carbonyl (C=O) groups is 1. The first kappa shape index (κ1) is 22.3. The molecule has 4 heteroatoms.